The van der Waals surface area contributed by atoms with Crippen molar-refractivity contribution in [3.05, 3.63) is 0 Å². The second kappa shape index (κ2) is 6.11. The summed E-state index contributed by atoms with van der Waals surface area (Å²) < 4.78 is 0. The first-order valence-electron chi connectivity index (χ1n) is 8.10. The van der Waals surface area contributed by atoms with Crippen LogP contribution in [-0.4, -0.2) is 55.1 Å². The molecular formula is C16H33N3. The van der Waals surface area contributed by atoms with Crippen molar-refractivity contribution in [2.75, 3.05) is 33.2 Å². The van der Waals surface area contributed by atoms with E-state index in [-0.39, 0.29) is 0 Å². The van der Waals surface area contributed by atoms with E-state index in [4.69, 9.17) is 5.73 Å². The van der Waals surface area contributed by atoms with Gasteiger partial charge in [-0.05, 0) is 51.6 Å². The first kappa shape index (κ1) is 15.3. The molecular weight excluding hydrogens is 234 g/mol. The Labute approximate surface area is 119 Å². The van der Waals surface area contributed by atoms with Crippen LogP contribution in [0.15, 0.2) is 0 Å². The van der Waals surface area contributed by atoms with E-state index >= 15 is 0 Å². The monoisotopic (exact) mass is 267 g/mol. The molecule has 1 aliphatic heterocycles. The van der Waals surface area contributed by atoms with Crippen molar-refractivity contribution in [3.63, 3.8) is 0 Å². The number of rotatable bonds is 3. The molecule has 2 N–H and O–H groups in total. The standard InChI is InChI=1S/C16H33N3/c1-13-5-7-16(11-17,8-6-13)12-19-9-14(2)18(4)15(3)10-19/h13-15H,5-12,17H2,1-4H3. The van der Waals surface area contributed by atoms with Crippen molar-refractivity contribution in [2.45, 2.75) is 58.5 Å². The fourth-order valence-electron chi connectivity index (χ4n) is 3.92. The largest absolute Gasteiger partial charge is 0.330 e. The number of nitrogens with two attached hydrogens (primary N) is 1. The smallest absolute Gasteiger partial charge is 0.0195 e. The van der Waals surface area contributed by atoms with Gasteiger partial charge in [0.2, 0.25) is 0 Å². The van der Waals surface area contributed by atoms with Crippen LogP contribution in [0, 0.1) is 11.3 Å². The second-order valence-electron chi connectivity index (χ2n) is 7.44. The Morgan fingerprint density at radius 2 is 1.58 bits per heavy atom. The SMILES string of the molecule is CC1CCC(CN)(CN2CC(C)N(C)C(C)C2)CC1. The maximum atomic E-state index is 6.16. The van der Waals surface area contributed by atoms with Gasteiger partial charge in [-0.3, -0.25) is 9.80 Å². The predicted octanol–water partition coefficient (Wildman–Crippen LogP) is 2.17. The Morgan fingerprint density at radius 1 is 1.05 bits per heavy atom. The van der Waals surface area contributed by atoms with Crippen molar-refractivity contribution in [2.24, 2.45) is 17.1 Å². The number of likely N-dealkylation sites (N-methyl/N-ethyl adjacent to an activating group) is 1. The Kier molecular flexibility index (Phi) is 4.91. The van der Waals surface area contributed by atoms with Crippen LogP contribution < -0.4 is 5.73 Å². The quantitative estimate of drug-likeness (QED) is 0.850. The highest BCUT2D eigenvalue weighted by atomic mass is 15.3. The van der Waals surface area contributed by atoms with Crippen LogP contribution in [-0.2, 0) is 0 Å². The molecule has 1 heterocycles. The van der Waals surface area contributed by atoms with E-state index in [9.17, 15) is 0 Å². The van der Waals surface area contributed by atoms with Gasteiger partial charge in [0.1, 0.15) is 0 Å². The molecule has 1 saturated heterocycles. The molecule has 0 amide bonds. The molecule has 2 unspecified atom stereocenters. The van der Waals surface area contributed by atoms with Crippen molar-refractivity contribution in [3.8, 4) is 0 Å². The lowest BCUT2D eigenvalue weighted by molar-refractivity contribution is 0.0181. The van der Waals surface area contributed by atoms with Gasteiger partial charge in [-0.1, -0.05) is 19.8 Å². The Bertz CT molecular complexity index is 272. The van der Waals surface area contributed by atoms with E-state index in [0.29, 0.717) is 17.5 Å². The molecule has 1 aliphatic carbocycles. The van der Waals surface area contributed by atoms with E-state index in [2.05, 4.69) is 37.6 Å². The molecule has 2 fully saturated rings. The summed E-state index contributed by atoms with van der Waals surface area (Å²) in [6.07, 6.45) is 5.41. The Morgan fingerprint density at radius 3 is 2.05 bits per heavy atom. The van der Waals surface area contributed by atoms with Gasteiger partial charge in [-0.15, -0.1) is 0 Å². The number of hydrogen-bond donors (Lipinski definition) is 1. The molecule has 0 spiro atoms. The molecule has 112 valence electrons. The van der Waals surface area contributed by atoms with E-state index in [1.807, 2.05) is 0 Å². The summed E-state index contributed by atoms with van der Waals surface area (Å²) in [6, 6.07) is 1.34. The molecule has 0 aromatic heterocycles. The van der Waals surface area contributed by atoms with E-state index in [0.717, 1.165) is 12.5 Å². The lowest BCUT2D eigenvalue weighted by Crippen LogP contribution is -2.57. The van der Waals surface area contributed by atoms with Crippen LogP contribution in [0.1, 0.15) is 46.5 Å². The summed E-state index contributed by atoms with van der Waals surface area (Å²) in [5.41, 5.74) is 6.56. The van der Waals surface area contributed by atoms with Gasteiger partial charge in [0.25, 0.3) is 0 Å². The zero-order valence-corrected chi connectivity index (χ0v) is 13.4. The summed E-state index contributed by atoms with van der Waals surface area (Å²) >= 11 is 0. The molecule has 3 nitrogen and oxygen atoms in total. The van der Waals surface area contributed by atoms with Crippen molar-refractivity contribution in [1.82, 2.24) is 9.80 Å². The highest BCUT2D eigenvalue weighted by Gasteiger charge is 2.37. The second-order valence-corrected chi connectivity index (χ2v) is 7.44. The first-order chi connectivity index (χ1) is 8.96. The third kappa shape index (κ3) is 3.50. The highest BCUT2D eigenvalue weighted by Crippen LogP contribution is 2.39. The first-order valence-corrected chi connectivity index (χ1v) is 8.10. The predicted molar refractivity (Wildman–Crippen MR) is 82.2 cm³/mol. The van der Waals surface area contributed by atoms with E-state index in [1.165, 1.54) is 45.3 Å². The molecule has 19 heavy (non-hydrogen) atoms. The van der Waals surface area contributed by atoms with Gasteiger partial charge in [0.15, 0.2) is 0 Å². The van der Waals surface area contributed by atoms with Crippen LogP contribution >= 0.6 is 0 Å². The van der Waals surface area contributed by atoms with Crippen molar-refractivity contribution in [1.29, 1.82) is 0 Å². The van der Waals surface area contributed by atoms with Gasteiger partial charge in [-0.2, -0.15) is 0 Å². The van der Waals surface area contributed by atoms with Crippen LogP contribution in [0.25, 0.3) is 0 Å². The number of hydrogen-bond acceptors (Lipinski definition) is 3. The van der Waals surface area contributed by atoms with Gasteiger partial charge in [0, 0.05) is 31.7 Å². The number of nitrogens with zero attached hydrogens (tertiary/aromatic N) is 2. The van der Waals surface area contributed by atoms with Crippen molar-refractivity contribution >= 4 is 0 Å². The summed E-state index contributed by atoms with van der Waals surface area (Å²) in [4.78, 5) is 5.19. The minimum Gasteiger partial charge on any atom is -0.330 e. The minimum atomic E-state index is 0.405. The minimum absolute atomic E-state index is 0.405. The third-order valence-electron chi connectivity index (χ3n) is 5.76. The van der Waals surface area contributed by atoms with E-state index in [1.54, 1.807) is 0 Å². The normalized spacial score (nSPS) is 42.5. The van der Waals surface area contributed by atoms with Crippen molar-refractivity contribution < 1.29 is 0 Å². The summed E-state index contributed by atoms with van der Waals surface area (Å²) in [7, 11) is 2.26. The van der Waals surface area contributed by atoms with Gasteiger partial charge >= 0.3 is 0 Å². The topological polar surface area (TPSA) is 32.5 Å². The van der Waals surface area contributed by atoms with Crippen LogP contribution in [0.4, 0.5) is 0 Å². The molecule has 2 aliphatic rings. The molecule has 2 rings (SSSR count). The molecule has 0 bridgehead atoms. The summed E-state index contributed by atoms with van der Waals surface area (Å²) in [6.45, 7) is 11.6. The zero-order chi connectivity index (χ0) is 14.0. The zero-order valence-electron chi connectivity index (χ0n) is 13.4. The summed E-state index contributed by atoms with van der Waals surface area (Å²) in [5.74, 6) is 0.907. The average Bonchev–Trinajstić information content (AvgIpc) is 2.39. The molecule has 0 aromatic rings. The lowest BCUT2D eigenvalue weighted by Gasteiger charge is -2.47. The van der Waals surface area contributed by atoms with Crippen LogP contribution in [0.5, 0.6) is 0 Å². The number of piperazine rings is 1. The van der Waals surface area contributed by atoms with Gasteiger partial charge < -0.3 is 5.73 Å². The molecule has 2 atom stereocenters. The lowest BCUT2D eigenvalue weighted by atomic mass is 9.70. The Hall–Kier alpha value is -0.120. The van der Waals surface area contributed by atoms with Gasteiger partial charge in [-0.25, -0.2) is 0 Å². The molecule has 3 heteroatoms. The Balaban J connectivity index is 1.95. The average molecular weight is 267 g/mol. The molecule has 1 saturated carbocycles. The fraction of sp³-hybridized carbons (Fsp3) is 1.00. The fourth-order valence-corrected chi connectivity index (χ4v) is 3.92. The maximum absolute atomic E-state index is 6.16. The molecule has 0 aromatic carbocycles. The van der Waals surface area contributed by atoms with E-state index < -0.39 is 0 Å². The van der Waals surface area contributed by atoms with Crippen LogP contribution in [0.2, 0.25) is 0 Å². The molecule has 0 radical (unpaired) electrons. The summed E-state index contributed by atoms with van der Waals surface area (Å²) in [5, 5.41) is 0. The third-order valence-corrected chi connectivity index (χ3v) is 5.76. The maximum Gasteiger partial charge on any atom is 0.0195 e. The highest BCUT2D eigenvalue weighted by molar-refractivity contribution is 4.91. The van der Waals surface area contributed by atoms with Gasteiger partial charge in [0.05, 0.1) is 0 Å². The van der Waals surface area contributed by atoms with Crippen LogP contribution in [0.3, 0.4) is 0 Å².